The van der Waals surface area contributed by atoms with Gasteiger partial charge in [-0.05, 0) is 22.6 Å². The van der Waals surface area contributed by atoms with E-state index < -0.39 is 38.5 Å². The minimum Gasteiger partial charge on any atom is -0.386 e. The molecule has 0 N–H and O–H groups in total. The number of hydrogen-bond acceptors (Lipinski definition) is 4. The molecule has 5 nitrogen and oxygen atoms in total. The Balaban J connectivity index is 3.36. The number of rotatable bonds is 3. The van der Waals surface area contributed by atoms with E-state index >= 15 is 0 Å². The second-order valence-corrected chi connectivity index (χ2v) is 3.87. The van der Waals surface area contributed by atoms with Gasteiger partial charge in [-0.1, -0.05) is 0 Å². The van der Waals surface area contributed by atoms with Crippen molar-refractivity contribution in [1.29, 1.82) is 0 Å². The predicted molar refractivity (Wildman–Crippen MR) is 55.2 cm³/mol. The van der Waals surface area contributed by atoms with E-state index in [-0.39, 0.29) is 0 Å². The Morgan fingerprint density at radius 1 is 1.44 bits per heavy atom. The Labute approximate surface area is 109 Å². The molecule has 0 aromatic carbocycles. The van der Waals surface area contributed by atoms with Crippen LogP contribution in [0.1, 0.15) is 12.1 Å². The van der Waals surface area contributed by atoms with Gasteiger partial charge in [0.05, 0.1) is 4.92 Å². The lowest BCUT2D eigenvalue weighted by atomic mass is 10.3. The van der Waals surface area contributed by atoms with Gasteiger partial charge in [0.2, 0.25) is 5.88 Å². The molecule has 18 heavy (non-hydrogen) atoms. The summed E-state index contributed by atoms with van der Waals surface area (Å²) in [7, 11) is 0. The first-order valence-corrected chi connectivity index (χ1v) is 5.08. The first kappa shape index (κ1) is 14.8. The van der Waals surface area contributed by atoms with Crippen molar-refractivity contribution in [3.05, 3.63) is 25.4 Å². The Hall–Kier alpha value is -1.27. The van der Waals surface area contributed by atoms with Crippen LogP contribution in [0.3, 0.4) is 0 Å². The molecular weight excluding hydrogens is 382 g/mol. The molecule has 100 valence electrons. The lowest BCUT2D eigenvalue weighted by Crippen LogP contribution is -2.19. The fraction of sp³-hybridized carbons (Fsp3) is 0.286. The smallest absolute Gasteiger partial charge is 0.386 e. The second-order valence-electron chi connectivity index (χ2n) is 2.79. The van der Waals surface area contributed by atoms with Crippen LogP contribution in [0.4, 0.5) is 27.6 Å². The standard InChI is InChI=1S/C7H2F5IN2O3/c8-5(9)2-1-3(15(16)17)4(13)6(14-2)18-7(10,11)12/h1,5H. The first-order valence-electron chi connectivity index (χ1n) is 4.00. The van der Waals surface area contributed by atoms with Gasteiger partial charge in [-0.15, -0.1) is 13.2 Å². The van der Waals surface area contributed by atoms with Crippen LogP contribution in [-0.4, -0.2) is 16.3 Å². The quantitative estimate of drug-likeness (QED) is 0.347. The number of ether oxygens (including phenoxy) is 1. The zero-order valence-corrected chi connectivity index (χ0v) is 10.2. The number of hydrogen-bond donors (Lipinski definition) is 0. The molecule has 0 spiro atoms. The molecule has 0 radical (unpaired) electrons. The van der Waals surface area contributed by atoms with Crippen molar-refractivity contribution in [2.24, 2.45) is 0 Å². The zero-order chi connectivity index (χ0) is 14.1. The molecule has 1 aromatic heterocycles. The third kappa shape index (κ3) is 3.61. The van der Waals surface area contributed by atoms with Gasteiger partial charge in [-0.3, -0.25) is 10.1 Å². The summed E-state index contributed by atoms with van der Waals surface area (Å²) in [4.78, 5) is 12.3. The maximum atomic E-state index is 12.3. The lowest BCUT2D eigenvalue weighted by Gasteiger charge is -2.10. The predicted octanol–water partition coefficient (Wildman–Crippen LogP) is 3.43. The largest absolute Gasteiger partial charge is 0.574 e. The molecule has 0 aliphatic heterocycles. The minimum absolute atomic E-state index is 0.398. The average Bonchev–Trinajstić information content (AvgIpc) is 2.18. The van der Waals surface area contributed by atoms with Crippen LogP contribution in [0, 0.1) is 13.7 Å². The van der Waals surface area contributed by atoms with E-state index in [4.69, 9.17) is 0 Å². The molecular formula is C7H2F5IN2O3. The summed E-state index contributed by atoms with van der Waals surface area (Å²) in [5.41, 5.74) is -2.10. The molecule has 11 heteroatoms. The number of nitrogens with zero attached hydrogens (tertiary/aromatic N) is 2. The molecule has 0 fully saturated rings. The zero-order valence-electron chi connectivity index (χ0n) is 8.04. The van der Waals surface area contributed by atoms with E-state index in [1.807, 2.05) is 0 Å². The molecule has 0 saturated carbocycles. The number of pyridine rings is 1. The Kier molecular flexibility index (Phi) is 4.24. The molecule has 0 aliphatic carbocycles. The summed E-state index contributed by atoms with van der Waals surface area (Å²) in [5, 5.41) is 10.5. The number of aromatic nitrogens is 1. The van der Waals surface area contributed by atoms with Gasteiger partial charge in [0.15, 0.2) is 3.57 Å². The van der Waals surface area contributed by atoms with Crippen LogP contribution < -0.4 is 4.74 Å². The van der Waals surface area contributed by atoms with Crippen LogP contribution in [0.25, 0.3) is 0 Å². The minimum atomic E-state index is -5.18. The highest BCUT2D eigenvalue weighted by Gasteiger charge is 2.35. The van der Waals surface area contributed by atoms with Gasteiger partial charge in [-0.2, -0.15) is 0 Å². The molecule has 0 bridgehead atoms. The molecule has 1 aromatic rings. The van der Waals surface area contributed by atoms with Crippen molar-refractivity contribution in [1.82, 2.24) is 4.98 Å². The number of alkyl halides is 5. The van der Waals surface area contributed by atoms with Crippen LogP contribution in [0.5, 0.6) is 5.88 Å². The Morgan fingerprint density at radius 3 is 2.39 bits per heavy atom. The normalized spacial score (nSPS) is 11.7. The van der Waals surface area contributed by atoms with Gasteiger partial charge in [0.1, 0.15) is 5.69 Å². The monoisotopic (exact) mass is 384 g/mol. The van der Waals surface area contributed by atoms with Crippen molar-refractivity contribution in [3.63, 3.8) is 0 Å². The third-order valence-electron chi connectivity index (χ3n) is 1.56. The van der Waals surface area contributed by atoms with Crippen molar-refractivity contribution < 1.29 is 31.6 Å². The van der Waals surface area contributed by atoms with Crippen LogP contribution in [0.15, 0.2) is 6.07 Å². The molecule has 0 saturated heterocycles. The third-order valence-corrected chi connectivity index (χ3v) is 2.57. The summed E-state index contributed by atoms with van der Waals surface area (Å²) in [6.45, 7) is 0. The number of nitro groups is 1. The summed E-state index contributed by atoms with van der Waals surface area (Å²) in [5.74, 6) is -1.27. The van der Waals surface area contributed by atoms with Gasteiger partial charge in [0, 0.05) is 6.07 Å². The van der Waals surface area contributed by atoms with E-state index in [9.17, 15) is 32.1 Å². The van der Waals surface area contributed by atoms with Gasteiger partial charge < -0.3 is 4.74 Å². The van der Waals surface area contributed by atoms with E-state index in [0.29, 0.717) is 6.07 Å². The molecule has 1 heterocycles. The topological polar surface area (TPSA) is 65.3 Å². The van der Waals surface area contributed by atoms with Crippen LogP contribution in [0.2, 0.25) is 0 Å². The summed E-state index contributed by atoms with van der Waals surface area (Å²) in [6, 6.07) is 0.398. The summed E-state index contributed by atoms with van der Waals surface area (Å²) >= 11 is 1.16. The molecule has 0 amide bonds. The molecule has 0 unspecified atom stereocenters. The molecule has 0 atom stereocenters. The van der Waals surface area contributed by atoms with Crippen molar-refractivity contribution in [2.45, 2.75) is 12.8 Å². The van der Waals surface area contributed by atoms with Gasteiger partial charge >= 0.3 is 6.36 Å². The summed E-state index contributed by atoms with van der Waals surface area (Å²) < 4.78 is 63.3. The SMILES string of the molecule is O=[N+]([O-])c1cc(C(F)F)nc(OC(F)(F)F)c1I. The van der Waals surface area contributed by atoms with Gasteiger partial charge in [-0.25, -0.2) is 13.8 Å². The van der Waals surface area contributed by atoms with E-state index in [0.717, 1.165) is 22.6 Å². The molecule has 0 aliphatic rings. The van der Waals surface area contributed by atoms with Crippen molar-refractivity contribution in [3.8, 4) is 5.88 Å². The maximum absolute atomic E-state index is 12.3. The van der Waals surface area contributed by atoms with E-state index in [2.05, 4.69) is 9.72 Å². The Bertz CT molecular complexity index is 479. The maximum Gasteiger partial charge on any atom is 0.574 e. The Morgan fingerprint density at radius 2 is 2.00 bits per heavy atom. The highest BCUT2D eigenvalue weighted by molar-refractivity contribution is 14.1. The first-order chi connectivity index (χ1) is 8.11. The average molecular weight is 384 g/mol. The van der Waals surface area contributed by atoms with Crippen molar-refractivity contribution >= 4 is 28.3 Å². The van der Waals surface area contributed by atoms with Crippen molar-refractivity contribution in [2.75, 3.05) is 0 Å². The highest BCUT2D eigenvalue weighted by Crippen LogP contribution is 2.34. The van der Waals surface area contributed by atoms with E-state index in [1.54, 1.807) is 0 Å². The second kappa shape index (κ2) is 5.16. The number of halogens is 6. The fourth-order valence-electron chi connectivity index (χ4n) is 0.933. The highest BCUT2D eigenvalue weighted by atomic mass is 127. The fourth-order valence-corrected chi connectivity index (χ4v) is 1.52. The van der Waals surface area contributed by atoms with Crippen LogP contribution >= 0.6 is 22.6 Å². The summed E-state index contributed by atoms with van der Waals surface area (Å²) in [6.07, 6.45) is -8.43. The molecule has 1 rings (SSSR count). The van der Waals surface area contributed by atoms with Gasteiger partial charge in [0.25, 0.3) is 12.1 Å². The van der Waals surface area contributed by atoms with E-state index in [1.165, 1.54) is 0 Å². The lowest BCUT2D eigenvalue weighted by molar-refractivity contribution is -0.386. The van der Waals surface area contributed by atoms with Crippen LogP contribution in [-0.2, 0) is 0 Å².